The Balaban J connectivity index is 1.48. The van der Waals surface area contributed by atoms with Crippen molar-refractivity contribution in [2.75, 3.05) is 39.4 Å². The summed E-state index contributed by atoms with van der Waals surface area (Å²) in [5.41, 5.74) is -0.681. The first-order valence-electron chi connectivity index (χ1n) is 21.3. The van der Waals surface area contributed by atoms with E-state index in [-0.39, 0.29) is 54.8 Å². The number of benzene rings is 1. The Kier molecular flexibility index (Phi) is 15.7. The smallest absolute Gasteiger partial charge is 0.244 e. The van der Waals surface area contributed by atoms with Crippen molar-refractivity contribution in [1.29, 1.82) is 0 Å². The summed E-state index contributed by atoms with van der Waals surface area (Å²) >= 11 is 1.33. The number of hydrogen-bond acceptors (Lipinski definition) is 11. The Morgan fingerprint density at radius 2 is 1.62 bits per heavy atom. The van der Waals surface area contributed by atoms with Gasteiger partial charge >= 0.3 is 0 Å². The highest BCUT2D eigenvalue weighted by atomic mass is 32.1. The van der Waals surface area contributed by atoms with Crippen LogP contribution in [-0.4, -0.2) is 126 Å². The average molecular weight is 864 g/mol. The summed E-state index contributed by atoms with van der Waals surface area (Å²) < 4.78 is 5.43. The predicted octanol–water partition coefficient (Wildman–Crippen LogP) is 2.60. The van der Waals surface area contributed by atoms with E-state index in [9.17, 15) is 28.8 Å². The molecule has 5 N–H and O–H groups in total. The Morgan fingerprint density at radius 3 is 2.23 bits per heavy atom. The lowest BCUT2D eigenvalue weighted by atomic mass is 9.82. The maximum Gasteiger partial charge on any atom is 0.244 e. The lowest BCUT2D eigenvalue weighted by molar-refractivity contribution is -0.140. The largest absolute Gasteiger partial charge is 0.378 e. The van der Waals surface area contributed by atoms with Gasteiger partial charge in [-0.2, -0.15) is 0 Å². The van der Waals surface area contributed by atoms with Gasteiger partial charge in [-0.15, -0.1) is 11.3 Å². The molecule has 0 bridgehead atoms. The van der Waals surface area contributed by atoms with Crippen molar-refractivity contribution in [3.63, 3.8) is 0 Å². The van der Waals surface area contributed by atoms with Crippen LogP contribution in [0.3, 0.4) is 0 Å². The van der Waals surface area contributed by atoms with E-state index < -0.39 is 64.8 Å². The van der Waals surface area contributed by atoms with Gasteiger partial charge in [0.25, 0.3) is 0 Å². The van der Waals surface area contributed by atoms with E-state index in [0.717, 1.165) is 5.56 Å². The number of carbonyl (C=O) groups is 6. The van der Waals surface area contributed by atoms with Crippen LogP contribution in [-0.2, 0) is 39.9 Å². The summed E-state index contributed by atoms with van der Waals surface area (Å²) in [4.78, 5) is 96.9. The van der Waals surface area contributed by atoms with Gasteiger partial charge in [0.15, 0.2) is 0 Å². The van der Waals surface area contributed by atoms with E-state index >= 15 is 0 Å². The van der Waals surface area contributed by atoms with Crippen molar-refractivity contribution in [3.05, 3.63) is 52.5 Å². The van der Waals surface area contributed by atoms with Gasteiger partial charge in [0, 0.05) is 37.6 Å². The van der Waals surface area contributed by atoms with E-state index in [4.69, 9.17) is 9.73 Å². The molecule has 6 amide bonds. The second-order valence-electron chi connectivity index (χ2n) is 18.9. The highest BCUT2D eigenvalue weighted by molar-refractivity contribution is 7.09. The van der Waals surface area contributed by atoms with Crippen LogP contribution in [0.1, 0.15) is 91.8 Å². The number of amidine groups is 1. The van der Waals surface area contributed by atoms with E-state index in [0.29, 0.717) is 44.3 Å². The lowest BCUT2D eigenvalue weighted by Crippen LogP contribution is -2.64. The fourth-order valence-corrected chi connectivity index (χ4v) is 8.61. The van der Waals surface area contributed by atoms with E-state index in [1.54, 1.807) is 21.4 Å². The summed E-state index contributed by atoms with van der Waals surface area (Å²) in [6.45, 7) is 18.8. The number of thiazole rings is 1. The Bertz CT molecular complexity index is 1890. The molecule has 61 heavy (non-hydrogen) atoms. The lowest BCUT2D eigenvalue weighted by Gasteiger charge is -2.39. The molecule has 4 heterocycles. The molecule has 3 aliphatic rings. The molecule has 2 saturated heterocycles. The number of hydrogen-bond donors (Lipinski definition) is 5. The molecule has 0 radical (unpaired) electrons. The van der Waals surface area contributed by atoms with Crippen LogP contribution in [0.5, 0.6) is 0 Å². The second-order valence-corrected chi connectivity index (χ2v) is 19.8. The zero-order valence-corrected chi connectivity index (χ0v) is 37.9. The first-order valence-corrected chi connectivity index (χ1v) is 22.2. The Morgan fingerprint density at radius 1 is 0.934 bits per heavy atom. The molecule has 1 aromatic carbocycles. The molecular weight excluding hydrogens is 799 g/mol. The number of carbonyl (C=O) groups excluding carboxylic acids is 6. The third-order valence-electron chi connectivity index (χ3n) is 11.5. The first-order chi connectivity index (χ1) is 28.7. The number of aromatic nitrogens is 1. The minimum Gasteiger partial charge on any atom is -0.378 e. The molecule has 1 aromatic heterocycles. The molecule has 2 aromatic rings. The number of morpholine rings is 1. The molecule has 16 nitrogen and oxygen atoms in total. The molecule has 334 valence electrons. The van der Waals surface area contributed by atoms with Crippen LogP contribution < -0.4 is 26.6 Å². The van der Waals surface area contributed by atoms with Crippen molar-refractivity contribution in [1.82, 2.24) is 41.4 Å². The molecule has 17 heteroatoms. The van der Waals surface area contributed by atoms with Crippen LogP contribution in [0.15, 0.2) is 46.9 Å². The zero-order chi connectivity index (χ0) is 44.6. The van der Waals surface area contributed by atoms with Crippen LogP contribution in [0.2, 0.25) is 0 Å². The minimum absolute atomic E-state index is 0.0195. The van der Waals surface area contributed by atoms with Crippen molar-refractivity contribution in [2.24, 2.45) is 27.7 Å². The topological polar surface area (TPSA) is 204 Å². The first kappa shape index (κ1) is 47.2. The standard InChI is InChI=1S/C44H65N9O7S/c1-26(2)33-39(57)51-35(43(4,5)6)37(46-25-32(55)53-17-15-27(3)34(53)40(58)49-33)50-36(44(7,8)9)41(59)47-29(23-28-13-11-10-12-14-28)38(56)48-30(42-45-16-22-61-42)24-31(54)52-18-20-60-21-19-52/h10-14,16,22,26-27,29-30,33-36H,15,17-21,23-25H2,1-9H3,(H,46,50)(H,47,59)(H,48,56)(H,49,58)(H,51,57)/t27-,29+,30+,33+,34+,35-,36-/m1/s1. The van der Waals surface area contributed by atoms with Gasteiger partial charge in [-0.3, -0.25) is 33.8 Å². The Labute approximate surface area is 363 Å². The van der Waals surface area contributed by atoms with Gasteiger partial charge < -0.3 is 41.1 Å². The van der Waals surface area contributed by atoms with Gasteiger partial charge in [0.1, 0.15) is 41.6 Å². The highest BCUT2D eigenvalue weighted by Gasteiger charge is 2.44. The molecule has 3 aliphatic heterocycles. The van der Waals surface area contributed by atoms with Gasteiger partial charge in [0.05, 0.1) is 31.7 Å². The third-order valence-corrected chi connectivity index (χ3v) is 12.4. The molecule has 0 unspecified atom stereocenters. The number of nitrogens with one attached hydrogen (secondary N) is 5. The number of amides is 6. The van der Waals surface area contributed by atoms with Gasteiger partial charge in [-0.25, -0.2) is 4.98 Å². The number of rotatable bonds is 11. The number of ether oxygens (including phenoxy) is 1. The van der Waals surface area contributed by atoms with Gasteiger partial charge in [0.2, 0.25) is 35.4 Å². The maximum atomic E-state index is 14.8. The molecule has 7 atom stereocenters. The van der Waals surface area contributed by atoms with Crippen LogP contribution in [0.25, 0.3) is 0 Å². The summed E-state index contributed by atoms with van der Waals surface area (Å²) in [5.74, 6) is -2.47. The van der Waals surface area contributed by atoms with Crippen LogP contribution >= 0.6 is 11.3 Å². The maximum absolute atomic E-state index is 14.8. The zero-order valence-electron chi connectivity index (χ0n) is 37.1. The SMILES string of the molecule is CC(C)[C@@H]1NC(=O)[C@@H]2[C@H](C)CCN2C(=O)CN=C(N[C@H](C(=O)N[C@@H](Cc2ccccc2)C(=O)N[C@@H](CC(=O)N2CCOCC2)c2nccs2)C(C)(C)C)[C@H](C(C)(C)C)NC1=O. The van der Waals surface area contributed by atoms with Crippen LogP contribution in [0, 0.1) is 22.7 Å². The molecule has 5 rings (SSSR count). The summed E-state index contributed by atoms with van der Waals surface area (Å²) in [5, 5.41) is 17.8. The average Bonchev–Trinajstić information content (AvgIpc) is 3.88. The van der Waals surface area contributed by atoms with Crippen molar-refractivity contribution < 1.29 is 33.5 Å². The number of fused-ring (bicyclic) bond motifs is 1. The van der Waals surface area contributed by atoms with Crippen LogP contribution in [0.4, 0.5) is 0 Å². The highest BCUT2D eigenvalue weighted by Crippen LogP contribution is 2.28. The van der Waals surface area contributed by atoms with E-state index in [2.05, 4.69) is 31.6 Å². The molecule has 0 spiro atoms. The van der Waals surface area contributed by atoms with Gasteiger partial charge in [-0.05, 0) is 34.7 Å². The normalized spacial score (nSPS) is 23.3. The summed E-state index contributed by atoms with van der Waals surface area (Å²) in [6.07, 6.45) is 2.37. The predicted molar refractivity (Wildman–Crippen MR) is 233 cm³/mol. The molecule has 2 fully saturated rings. The van der Waals surface area contributed by atoms with E-state index in [1.165, 1.54) is 11.3 Å². The minimum atomic E-state index is -1.08. The molecule has 0 saturated carbocycles. The van der Waals surface area contributed by atoms with Crippen molar-refractivity contribution in [2.45, 2.75) is 118 Å². The van der Waals surface area contributed by atoms with Crippen molar-refractivity contribution >= 4 is 52.6 Å². The summed E-state index contributed by atoms with van der Waals surface area (Å²) in [7, 11) is 0. The molecular formula is C44H65N9O7S. The van der Waals surface area contributed by atoms with Crippen molar-refractivity contribution in [3.8, 4) is 0 Å². The fourth-order valence-electron chi connectivity index (χ4n) is 7.92. The fraction of sp³-hybridized carbons (Fsp3) is 0.636. The monoisotopic (exact) mass is 863 g/mol. The van der Waals surface area contributed by atoms with E-state index in [1.807, 2.05) is 92.6 Å². The number of nitrogens with zero attached hydrogens (tertiary/aromatic N) is 4. The number of aliphatic imine (C=N–C) groups is 1. The quantitative estimate of drug-likeness (QED) is 0.225. The summed E-state index contributed by atoms with van der Waals surface area (Å²) in [6, 6.07) is 3.99. The second kappa shape index (κ2) is 20.3. The molecule has 0 aliphatic carbocycles. The van der Waals surface area contributed by atoms with Gasteiger partial charge in [-0.1, -0.05) is 92.6 Å². The Hall–Kier alpha value is -4.90. The third kappa shape index (κ3) is 12.4.